The average Bonchev–Trinajstić information content (AvgIpc) is 2.55. The highest BCUT2D eigenvalue weighted by atomic mass is 35.5. The first-order valence-corrected chi connectivity index (χ1v) is 7.88. The molecule has 1 saturated heterocycles. The minimum absolute atomic E-state index is 0.513. The molecular formula is C16H19ClN4O. The van der Waals surface area contributed by atoms with Gasteiger partial charge in [0.25, 0.3) is 0 Å². The summed E-state index contributed by atoms with van der Waals surface area (Å²) in [6.45, 7) is 4.54. The molecule has 3 heterocycles. The van der Waals surface area contributed by atoms with Gasteiger partial charge in [0.2, 0.25) is 11.8 Å². The van der Waals surface area contributed by atoms with E-state index in [-0.39, 0.29) is 0 Å². The van der Waals surface area contributed by atoms with Crippen molar-refractivity contribution in [2.75, 3.05) is 24.6 Å². The van der Waals surface area contributed by atoms with Crippen molar-refractivity contribution in [2.45, 2.75) is 19.8 Å². The number of aromatic nitrogens is 3. The quantitative estimate of drug-likeness (QED) is 0.867. The molecule has 0 N–H and O–H groups in total. The molecule has 2 aromatic heterocycles. The van der Waals surface area contributed by atoms with E-state index in [0.29, 0.717) is 23.4 Å². The maximum absolute atomic E-state index is 6.05. The third-order valence-corrected chi connectivity index (χ3v) is 4.15. The van der Waals surface area contributed by atoms with Crippen LogP contribution in [0.1, 0.15) is 18.5 Å². The van der Waals surface area contributed by atoms with Crippen molar-refractivity contribution >= 4 is 17.5 Å². The Morgan fingerprint density at radius 2 is 2.05 bits per heavy atom. The van der Waals surface area contributed by atoms with Gasteiger partial charge in [0, 0.05) is 31.2 Å². The van der Waals surface area contributed by atoms with Gasteiger partial charge in [-0.1, -0.05) is 11.6 Å². The highest BCUT2D eigenvalue weighted by Crippen LogP contribution is 2.24. The van der Waals surface area contributed by atoms with Crippen LogP contribution >= 0.6 is 11.6 Å². The van der Waals surface area contributed by atoms with Crippen LogP contribution in [0.4, 0.5) is 5.95 Å². The van der Waals surface area contributed by atoms with Crippen LogP contribution in [0, 0.1) is 12.8 Å². The van der Waals surface area contributed by atoms with Gasteiger partial charge in [0.15, 0.2) is 0 Å². The number of nitrogens with zero attached hydrogens (tertiary/aromatic N) is 4. The summed E-state index contributed by atoms with van der Waals surface area (Å²) in [4.78, 5) is 15.2. The largest absolute Gasteiger partial charge is 0.476 e. The van der Waals surface area contributed by atoms with Gasteiger partial charge >= 0.3 is 0 Å². The minimum Gasteiger partial charge on any atom is -0.476 e. The minimum atomic E-state index is 0.513. The molecule has 1 aliphatic heterocycles. The Hall–Kier alpha value is -1.88. The molecule has 0 aliphatic carbocycles. The molecule has 116 valence electrons. The van der Waals surface area contributed by atoms with E-state index in [2.05, 4.69) is 19.9 Å². The van der Waals surface area contributed by atoms with Crippen molar-refractivity contribution in [3.8, 4) is 5.88 Å². The summed E-state index contributed by atoms with van der Waals surface area (Å²) < 4.78 is 5.74. The average molecular weight is 319 g/mol. The number of hydrogen-bond acceptors (Lipinski definition) is 5. The van der Waals surface area contributed by atoms with Crippen molar-refractivity contribution in [1.82, 2.24) is 15.0 Å². The van der Waals surface area contributed by atoms with Crippen LogP contribution in [0.3, 0.4) is 0 Å². The monoisotopic (exact) mass is 318 g/mol. The summed E-state index contributed by atoms with van der Waals surface area (Å²) in [5.74, 6) is 1.86. The van der Waals surface area contributed by atoms with E-state index in [1.54, 1.807) is 18.3 Å². The molecule has 0 atom stereocenters. The van der Waals surface area contributed by atoms with Gasteiger partial charge < -0.3 is 9.64 Å². The van der Waals surface area contributed by atoms with Crippen molar-refractivity contribution in [1.29, 1.82) is 0 Å². The number of aryl methyl sites for hydroxylation is 1. The molecule has 2 aromatic rings. The Morgan fingerprint density at radius 1 is 1.23 bits per heavy atom. The zero-order valence-corrected chi connectivity index (χ0v) is 13.3. The first-order valence-electron chi connectivity index (χ1n) is 7.50. The Bertz CT molecular complexity index is 629. The molecular weight excluding hydrogens is 300 g/mol. The smallest absolute Gasteiger partial charge is 0.232 e. The van der Waals surface area contributed by atoms with Crippen LogP contribution in [-0.4, -0.2) is 34.6 Å². The molecule has 0 aromatic carbocycles. The lowest BCUT2D eigenvalue weighted by Crippen LogP contribution is -2.36. The van der Waals surface area contributed by atoms with Crippen LogP contribution < -0.4 is 9.64 Å². The van der Waals surface area contributed by atoms with Crippen molar-refractivity contribution in [2.24, 2.45) is 5.92 Å². The molecule has 3 rings (SSSR count). The third kappa shape index (κ3) is 3.65. The van der Waals surface area contributed by atoms with Gasteiger partial charge in [-0.25, -0.2) is 15.0 Å². The second-order valence-corrected chi connectivity index (χ2v) is 5.94. The molecule has 6 heteroatoms. The molecule has 0 bridgehead atoms. The molecule has 0 unspecified atom stereocenters. The standard InChI is InChI=1S/C16H19ClN4O/c1-12-4-8-19-16(20-12)21-9-5-13(6-10-21)11-22-15-14(17)3-2-7-18-15/h2-4,7-8,13H,5-6,9-11H2,1H3. The van der Waals surface area contributed by atoms with Crippen LogP contribution in [-0.2, 0) is 0 Å². The first kappa shape index (κ1) is 15.0. The summed E-state index contributed by atoms with van der Waals surface area (Å²) >= 11 is 6.05. The van der Waals surface area contributed by atoms with E-state index in [9.17, 15) is 0 Å². The molecule has 1 fully saturated rings. The molecule has 5 nitrogen and oxygen atoms in total. The fourth-order valence-corrected chi connectivity index (χ4v) is 2.74. The summed E-state index contributed by atoms with van der Waals surface area (Å²) in [5.41, 5.74) is 1.00. The van der Waals surface area contributed by atoms with Crippen LogP contribution in [0.2, 0.25) is 5.02 Å². The van der Waals surface area contributed by atoms with E-state index in [1.165, 1.54) is 0 Å². The summed E-state index contributed by atoms with van der Waals surface area (Å²) in [6, 6.07) is 5.51. The maximum atomic E-state index is 6.05. The lowest BCUT2D eigenvalue weighted by atomic mass is 9.98. The number of pyridine rings is 1. The second-order valence-electron chi connectivity index (χ2n) is 5.53. The predicted octanol–water partition coefficient (Wildman–Crippen LogP) is 3.13. The Balaban J connectivity index is 1.51. The molecule has 0 amide bonds. The SMILES string of the molecule is Cc1ccnc(N2CCC(COc3ncccc3Cl)CC2)n1. The lowest BCUT2D eigenvalue weighted by Gasteiger charge is -2.31. The van der Waals surface area contributed by atoms with Crippen molar-refractivity contribution in [3.05, 3.63) is 41.3 Å². The molecule has 0 radical (unpaired) electrons. The third-order valence-electron chi connectivity index (χ3n) is 3.86. The molecule has 0 spiro atoms. The van der Waals surface area contributed by atoms with E-state index in [4.69, 9.17) is 16.3 Å². The normalized spacial score (nSPS) is 15.8. The number of rotatable bonds is 4. The summed E-state index contributed by atoms with van der Waals surface area (Å²) in [5, 5.41) is 0.563. The Morgan fingerprint density at radius 3 is 2.77 bits per heavy atom. The van der Waals surface area contributed by atoms with E-state index in [0.717, 1.165) is 37.6 Å². The zero-order valence-electron chi connectivity index (χ0n) is 12.6. The lowest BCUT2D eigenvalue weighted by molar-refractivity contribution is 0.216. The number of hydrogen-bond donors (Lipinski definition) is 0. The van der Waals surface area contributed by atoms with Crippen LogP contribution in [0.5, 0.6) is 5.88 Å². The maximum Gasteiger partial charge on any atom is 0.232 e. The van der Waals surface area contributed by atoms with Crippen LogP contribution in [0.15, 0.2) is 30.6 Å². The fourth-order valence-electron chi connectivity index (χ4n) is 2.56. The highest BCUT2D eigenvalue weighted by molar-refractivity contribution is 6.31. The topological polar surface area (TPSA) is 51.1 Å². The molecule has 1 aliphatic rings. The van der Waals surface area contributed by atoms with Gasteiger partial charge in [-0.3, -0.25) is 0 Å². The predicted molar refractivity (Wildman–Crippen MR) is 86.4 cm³/mol. The Labute approximate surface area is 135 Å². The second kappa shape index (κ2) is 6.92. The first-order chi connectivity index (χ1) is 10.7. The summed E-state index contributed by atoms with van der Waals surface area (Å²) in [7, 11) is 0. The van der Waals surface area contributed by atoms with Gasteiger partial charge in [0.05, 0.1) is 6.61 Å². The van der Waals surface area contributed by atoms with Gasteiger partial charge in [-0.15, -0.1) is 0 Å². The number of piperidine rings is 1. The number of ether oxygens (including phenoxy) is 1. The fraction of sp³-hybridized carbons (Fsp3) is 0.438. The van der Waals surface area contributed by atoms with E-state index >= 15 is 0 Å². The van der Waals surface area contributed by atoms with Gasteiger partial charge in [0.1, 0.15) is 5.02 Å². The van der Waals surface area contributed by atoms with Crippen molar-refractivity contribution < 1.29 is 4.74 Å². The van der Waals surface area contributed by atoms with E-state index in [1.807, 2.05) is 19.2 Å². The zero-order chi connectivity index (χ0) is 15.4. The molecule has 0 saturated carbocycles. The highest BCUT2D eigenvalue weighted by Gasteiger charge is 2.21. The molecule has 22 heavy (non-hydrogen) atoms. The van der Waals surface area contributed by atoms with Crippen molar-refractivity contribution in [3.63, 3.8) is 0 Å². The van der Waals surface area contributed by atoms with Gasteiger partial charge in [-0.05, 0) is 43.9 Å². The summed E-state index contributed by atoms with van der Waals surface area (Å²) in [6.07, 6.45) is 5.62. The van der Waals surface area contributed by atoms with Crippen LogP contribution in [0.25, 0.3) is 0 Å². The van der Waals surface area contributed by atoms with Gasteiger partial charge in [-0.2, -0.15) is 0 Å². The number of anilines is 1. The number of halogens is 1. The Kier molecular flexibility index (Phi) is 4.73. The van der Waals surface area contributed by atoms with E-state index < -0.39 is 0 Å².